The van der Waals surface area contributed by atoms with Gasteiger partial charge in [0, 0.05) is 18.8 Å². The Balaban J connectivity index is 2.28. The van der Waals surface area contributed by atoms with Crippen LogP contribution in [0.15, 0.2) is 33.8 Å². The molecule has 0 unspecified atom stereocenters. The number of aryl methyl sites for hydroxylation is 1. The van der Waals surface area contributed by atoms with Crippen molar-refractivity contribution >= 4 is 21.7 Å². The summed E-state index contributed by atoms with van der Waals surface area (Å²) in [5.74, 6) is -0.0795. The van der Waals surface area contributed by atoms with Gasteiger partial charge in [-0.15, -0.1) is 0 Å². The molecule has 0 amide bonds. The molecule has 78 valence electrons. The highest BCUT2D eigenvalue weighted by Crippen LogP contribution is 2.17. The Morgan fingerprint density at radius 3 is 2.93 bits per heavy atom. The second-order valence-corrected chi connectivity index (χ2v) is 3.83. The van der Waals surface area contributed by atoms with Crippen molar-refractivity contribution in [1.82, 2.24) is 9.78 Å². The van der Waals surface area contributed by atoms with E-state index in [1.807, 2.05) is 6.92 Å². The number of furan rings is 1. The van der Waals surface area contributed by atoms with Gasteiger partial charge in [-0.25, -0.2) is 0 Å². The van der Waals surface area contributed by atoms with Crippen LogP contribution in [0.2, 0.25) is 0 Å². The first-order valence-electron chi connectivity index (χ1n) is 4.52. The van der Waals surface area contributed by atoms with Crippen LogP contribution in [0.25, 0.3) is 0 Å². The Kier molecular flexibility index (Phi) is 2.73. The summed E-state index contributed by atoms with van der Waals surface area (Å²) in [6.07, 6.45) is 4.71. The number of carbonyl (C=O) groups is 1. The molecule has 0 saturated carbocycles. The number of aromatic nitrogens is 2. The number of halogens is 1. The monoisotopic (exact) mass is 268 g/mol. The van der Waals surface area contributed by atoms with Crippen molar-refractivity contribution in [3.8, 4) is 0 Å². The first kappa shape index (κ1) is 10.2. The van der Waals surface area contributed by atoms with E-state index < -0.39 is 0 Å². The van der Waals surface area contributed by atoms with Crippen LogP contribution < -0.4 is 0 Å². The molecule has 2 aromatic heterocycles. The van der Waals surface area contributed by atoms with Crippen LogP contribution in [0, 0.1) is 0 Å². The Bertz CT molecular complexity index is 487. The van der Waals surface area contributed by atoms with Gasteiger partial charge in [0.1, 0.15) is 6.26 Å². The summed E-state index contributed by atoms with van der Waals surface area (Å²) in [4.78, 5) is 11.9. The minimum absolute atomic E-state index is 0.0795. The van der Waals surface area contributed by atoms with Gasteiger partial charge in [0.2, 0.25) is 0 Å². The quantitative estimate of drug-likeness (QED) is 0.804. The third-order valence-corrected chi connectivity index (χ3v) is 2.46. The Morgan fingerprint density at radius 1 is 1.60 bits per heavy atom. The third kappa shape index (κ3) is 2.02. The number of hydrogen-bond acceptors (Lipinski definition) is 3. The highest BCUT2D eigenvalue weighted by molar-refractivity contribution is 9.10. The zero-order valence-corrected chi connectivity index (χ0v) is 9.69. The highest BCUT2D eigenvalue weighted by Gasteiger charge is 2.13. The molecule has 0 N–H and O–H groups in total. The van der Waals surface area contributed by atoms with Crippen molar-refractivity contribution < 1.29 is 9.21 Å². The van der Waals surface area contributed by atoms with E-state index in [-0.39, 0.29) is 5.78 Å². The van der Waals surface area contributed by atoms with E-state index in [2.05, 4.69) is 21.0 Å². The van der Waals surface area contributed by atoms with Crippen molar-refractivity contribution in [3.05, 3.63) is 40.5 Å². The van der Waals surface area contributed by atoms with Crippen molar-refractivity contribution in [1.29, 1.82) is 0 Å². The summed E-state index contributed by atoms with van der Waals surface area (Å²) >= 11 is 3.15. The molecule has 0 aromatic carbocycles. The normalized spacial score (nSPS) is 10.5. The van der Waals surface area contributed by atoms with Gasteiger partial charge < -0.3 is 4.42 Å². The van der Waals surface area contributed by atoms with Crippen molar-refractivity contribution in [2.24, 2.45) is 0 Å². The van der Waals surface area contributed by atoms with Crippen LogP contribution in [0.4, 0.5) is 0 Å². The summed E-state index contributed by atoms with van der Waals surface area (Å²) in [7, 11) is 0. The number of carbonyl (C=O) groups excluding carboxylic acids is 1. The average Bonchev–Trinajstić information content (AvgIpc) is 2.84. The van der Waals surface area contributed by atoms with Gasteiger partial charge in [-0.3, -0.25) is 9.48 Å². The smallest absolute Gasteiger partial charge is 0.199 e. The lowest BCUT2D eigenvalue weighted by molar-refractivity contribution is 0.103. The van der Waals surface area contributed by atoms with Gasteiger partial charge in [0.25, 0.3) is 0 Å². The Hall–Kier alpha value is -1.36. The lowest BCUT2D eigenvalue weighted by Gasteiger charge is -1.91. The molecule has 2 aromatic rings. The predicted octanol–water partition coefficient (Wildman–Crippen LogP) is 2.49. The average molecular weight is 269 g/mol. The van der Waals surface area contributed by atoms with E-state index in [4.69, 9.17) is 4.42 Å². The number of rotatable bonds is 3. The molecular weight excluding hydrogens is 260 g/mol. The largest absolute Gasteiger partial charge is 0.457 e. The summed E-state index contributed by atoms with van der Waals surface area (Å²) < 4.78 is 7.27. The zero-order valence-electron chi connectivity index (χ0n) is 8.11. The van der Waals surface area contributed by atoms with Crippen LogP contribution in [-0.4, -0.2) is 15.6 Å². The molecule has 0 aliphatic carbocycles. The zero-order chi connectivity index (χ0) is 10.8. The van der Waals surface area contributed by atoms with Crippen LogP contribution in [0.1, 0.15) is 22.8 Å². The molecule has 0 spiro atoms. The maximum Gasteiger partial charge on any atom is 0.199 e. The van der Waals surface area contributed by atoms with Crippen LogP contribution in [-0.2, 0) is 6.54 Å². The van der Waals surface area contributed by atoms with Crippen molar-refractivity contribution in [2.75, 3.05) is 0 Å². The van der Waals surface area contributed by atoms with Crippen LogP contribution in [0.3, 0.4) is 0 Å². The molecule has 0 saturated heterocycles. The highest BCUT2D eigenvalue weighted by atomic mass is 79.9. The molecule has 0 atom stereocenters. The molecule has 0 fully saturated rings. The van der Waals surface area contributed by atoms with E-state index >= 15 is 0 Å². The SMILES string of the molecule is CCn1cc(C(=O)c2coc(Br)c2)cn1. The van der Waals surface area contributed by atoms with Crippen molar-refractivity contribution in [3.63, 3.8) is 0 Å². The molecule has 2 rings (SSSR count). The van der Waals surface area contributed by atoms with Gasteiger partial charge in [-0.1, -0.05) is 0 Å². The molecule has 0 bridgehead atoms. The van der Waals surface area contributed by atoms with Crippen LogP contribution in [0.5, 0.6) is 0 Å². The minimum Gasteiger partial charge on any atom is -0.457 e. The maximum atomic E-state index is 11.9. The third-order valence-electron chi connectivity index (χ3n) is 2.05. The van der Waals surface area contributed by atoms with E-state index in [0.29, 0.717) is 15.8 Å². The first-order valence-corrected chi connectivity index (χ1v) is 5.31. The molecular formula is C10H9BrN2O2. The lowest BCUT2D eigenvalue weighted by Crippen LogP contribution is -1.98. The molecule has 15 heavy (non-hydrogen) atoms. The molecule has 0 aliphatic heterocycles. The summed E-state index contributed by atoms with van der Waals surface area (Å²) in [6, 6.07) is 1.64. The van der Waals surface area contributed by atoms with Gasteiger partial charge in [0.05, 0.1) is 17.3 Å². The number of nitrogens with zero attached hydrogens (tertiary/aromatic N) is 2. The fourth-order valence-corrected chi connectivity index (χ4v) is 1.59. The van der Waals surface area contributed by atoms with E-state index in [1.165, 1.54) is 6.26 Å². The topological polar surface area (TPSA) is 48.0 Å². The van der Waals surface area contributed by atoms with Gasteiger partial charge in [-0.05, 0) is 22.9 Å². The standard InChI is InChI=1S/C10H9BrN2O2/c1-2-13-5-8(4-12-13)10(14)7-3-9(11)15-6-7/h3-6H,2H2,1H3. The number of hydrogen-bond donors (Lipinski definition) is 0. The fraction of sp³-hybridized carbons (Fsp3) is 0.200. The van der Waals surface area contributed by atoms with Gasteiger partial charge >= 0.3 is 0 Å². The van der Waals surface area contributed by atoms with Crippen LogP contribution >= 0.6 is 15.9 Å². The number of ketones is 1. The van der Waals surface area contributed by atoms with E-state index in [0.717, 1.165) is 6.54 Å². The second-order valence-electron chi connectivity index (χ2n) is 3.05. The Labute approximate surface area is 95.0 Å². The lowest BCUT2D eigenvalue weighted by atomic mass is 10.1. The molecule has 0 radical (unpaired) electrons. The second kappa shape index (κ2) is 4.02. The first-order chi connectivity index (χ1) is 7.20. The molecule has 0 aliphatic rings. The molecule has 2 heterocycles. The van der Waals surface area contributed by atoms with E-state index in [1.54, 1.807) is 23.1 Å². The predicted molar refractivity (Wildman–Crippen MR) is 57.7 cm³/mol. The minimum atomic E-state index is -0.0795. The fourth-order valence-electron chi connectivity index (χ4n) is 1.25. The van der Waals surface area contributed by atoms with Gasteiger partial charge in [0.15, 0.2) is 10.5 Å². The van der Waals surface area contributed by atoms with Crippen molar-refractivity contribution in [2.45, 2.75) is 13.5 Å². The molecule has 5 heteroatoms. The molecule has 4 nitrogen and oxygen atoms in total. The Morgan fingerprint density at radius 2 is 2.40 bits per heavy atom. The van der Waals surface area contributed by atoms with E-state index in [9.17, 15) is 4.79 Å². The van der Waals surface area contributed by atoms with Gasteiger partial charge in [-0.2, -0.15) is 5.10 Å². The summed E-state index contributed by atoms with van der Waals surface area (Å²) in [5, 5.41) is 4.04. The summed E-state index contributed by atoms with van der Waals surface area (Å²) in [5.41, 5.74) is 1.10. The summed E-state index contributed by atoms with van der Waals surface area (Å²) in [6.45, 7) is 2.72. The maximum absolute atomic E-state index is 11.9.